The van der Waals surface area contributed by atoms with Crippen molar-refractivity contribution in [1.29, 1.82) is 0 Å². The second kappa shape index (κ2) is 11.1. The molecule has 1 rings (SSSR count). The minimum absolute atomic E-state index is 0.0633. The first-order valence-electron chi connectivity index (χ1n) is 8.91. The van der Waals surface area contributed by atoms with Gasteiger partial charge in [0.05, 0.1) is 5.75 Å². The molecule has 142 valence electrons. The summed E-state index contributed by atoms with van der Waals surface area (Å²) < 4.78 is 25.8. The number of rotatable bonds is 10. The molecule has 25 heavy (non-hydrogen) atoms. The van der Waals surface area contributed by atoms with Gasteiger partial charge in [0.15, 0.2) is 5.96 Å². The number of guanidine groups is 1. The maximum absolute atomic E-state index is 12.2. The topological polar surface area (TPSA) is 73.8 Å². The van der Waals surface area contributed by atoms with E-state index >= 15 is 0 Å². The molecule has 0 radical (unpaired) electrons. The van der Waals surface area contributed by atoms with Crippen LogP contribution in [0.1, 0.15) is 32.8 Å². The standard InChI is InChI=1S/C18H32N4O2S/c1-5-22(6-2)25(23,24)15-14-20-18(19-4)21-16(3)12-13-17-10-8-7-9-11-17/h7-11,16H,5-6,12-15H2,1-4H3,(H2,19,20,21). The zero-order valence-electron chi connectivity index (χ0n) is 15.8. The second-order valence-corrected chi connectivity index (χ2v) is 8.06. The van der Waals surface area contributed by atoms with Crippen molar-refractivity contribution in [2.24, 2.45) is 4.99 Å². The maximum Gasteiger partial charge on any atom is 0.215 e. The predicted molar refractivity (Wildman–Crippen MR) is 105 cm³/mol. The fraction of sp³-hybridized carbons (Fsp3) is 0.611. The molecule has 6 nitrogen and oxygen atoms in total. The molecule has 7 heteroatoms. The molecule has 1 unspecified atom stereocenters. The fourth-order valence-corrected chi connectivity index (χ4v) is 3.98. The summed E-state index contributed by atoms with van der Waals surface area (Å²) in [5.41, 5.74) is 1.31. The lowest BCUT2D eigenvalue weighted by Crippen LogP contribution is -2.45. The molecule has 0 heterocycles. The van der Waals surface area contributed by atoms with E-state index in [1.165, 1.54) is 9.87 Å². The van der Waals surface area contributed by atoms with Gasteiger partial charge in [-0.25, -0.2) is 12.7 Å². The van der Waals surface area contributed by atoms with Crippen LogP contribution in [-0.2, 0) is 16.4 Å². The third-order valence-corrected chi connectivity index (χ3v) is 6.09. The van der Waals surface area contributed by atoms with Gasteiger partial charge < -0.3 is 10.6 Å². The van der Waals surface area contributed by atoms with E-state index in [0.717, 1.165) is 12.8 Å². The summed E-state index contributed by atoms with van der Waals surface area (Å²) in [6, 6.07) is 10.6. The van der Waals surface area contributed by atoms with E-state index in [1.54, 1.807) is 7.05 Å². The van der Waals surface area contributed by atoms with Crippen LogP contribution < -0.4 is 10.6 Å². The molecule has 0 saturated heterocycles. The summed E-state index contributed by atoms with van der Waals surface area (Å²) in [6.07, 6.45) is 1.96. The number of nitrogens with zero attached hydrogens (tertiary/aromatic N) is 2. The quantitative estimate of drug-likeness (QED) is 0.488. The largest absolute Gasteiger partial charge is 0.355 e. The summed E-state index contributed by atoms with van der Waals surface area (Å²) >= 11 is 0. The summed E-state index contributed by atoms with van der Waals surface area (Å²) in [6.45, 7) is 7.14. The fourth-order valence-electron chi connectivity index (χ4n) is 2.57. The smallest absolute Gasteiger partial charge is 0.215 e. The first-order valence-corrected chi connectivity index (χ1v) is 10.5. The molecular formula is C18H32N4O2S. The third kappa shape index (κ3) is 7.88. The Labute approximate surface area is 152 Å². The summed E-state index contributed by atoms with van der Waals surface area (Å²) in [5.74, 6) is 0.698. The molecular weight excluding hydrogens is 336 g/mol. The number of aliphatic imine (C=N–C) groups is 1. The van der Waals surface area contributed by atoms with E-state index in [2.05, 4.69) is 34.7 Å². The second-order valence-electron chi connectivity index (χ2n) is 5.97. The Morgan fingerprint density at radius 2 is 1.84 bits per heavy atom. The average Bonchev–Trinajstić information content (AvgIpc) is 2.60. The SMILES string of the molecule is CCN(CC)S(=O)(=O)CCNC(=NC)NC(C)CCc1ccccc1. The average molecular weight is 369 g/mol. The first-order chi connectivity index (χ1) is 11.9. The van der Waals surface area contributed by atoms with E-state index in [4.69, 9.17) is 0 Å². The zero-order chi connectivity index (χ0) is 18.7. The van der Waals surface area contributed by atoms with E-state index in [0.29, 0.717) is 25.6 Å². The van der Waals surface area contributed by atoms with Gasteiger partial charge in [-0.15, -0.1) is 0 Å². The van der Waals surface area contributed by atoms with Crippen molar-refractivity contribution < 1.29 is 8.42 Å². The van der Waals surface area contributed by atoms with Crippen molar-refractivity contribution in [2.45, 2.75) is 39.7 Å². The van der Waals surface area contributed by atoms with Crippen molar-refractivity contribution in [1.82, 2.24) is 14.9 Å². The first kappa shape index (κ1) is 21.4. The summed E-state index contributed by atoms with van der Waals surface area (Å²) in [4.78, 5) is 4.17. The molecule has 0 aromatic heterocycles. The molecule has 0 aliphatic rings. The van der Waals surface area contributed by atoms with Crippen LogP contribution >= 0.6 is 0 Å². The molecule has 0 fully saturated rings. The van der Waals surface area contributed by atoms with E-state index in [-0.39, 0.29) is 11.8 Å². The highest BCUT2D eigenvalue weighted by atomic mass is 32.2. The van der Waals surface area contributed by atoms with Crippen molar-refractivity contribution >= 4 is 16.0 Å². The number of sulfonamides is 1. The van der Waals surface area contributed by atoms with Gasteiger partial charge in [-0.3, -0.25) is 4.99 Å². The maximum atomic E-state index is 12.2. The molecule has 0 spiro atoms. The Hall–Kier alpha value is -1.60. The molecule has 2 N–H and O–H groups in total. The molecule has 1 aromatic rings. The van der Waals surface area contributed by atoms with Gasteiger partial charge in [0.1, 0.15) is 0 Å². The van der Waals surface area contributed by atoms with Crippen LogP contribution in [0.5, 0.6) is 0 Å². The number of nitrogens with one attached hydrogen (secondary N) is 2. The van der Waals surface area contributed by atoms with Gasteiger partial charge in [-0.05, 0) is 25.3 Å². The van der Waals surface area contributed by atoms with E-state index < -0.39 is 10.0 Å². The van der Waals surface area contributed by atoms with Crippen molar-refractivity contribution in [2.75, 3.05) is 32.4 Å². The zero-order valence-corrected chi connectivity index (χ0v) is 16.6. The number of aryl methyl sites for hydroxylation is 1. The van der Waals surface area contributed by atoms with Crippen LogP contribution in [0.25, 0.3) is 0 Å². The predicted octanol–water partition coefficient (Wildman–Crippen LogP) is 1.84. The Kier molecular flexibility index (Phi) is 9.52. The third-order valence-electron chi connectivity index (χ3n) is 4.07. The van der Waals surface area contributed by atoms with E-state index in [9.17, 15) is 8.42 Å². The number of hydrogen-bond donors (Lipinski definition) is 2. The van der Waals surface area contributed by atoms with E-state index in [1.807, 2.05) is 32.0 Å². The van der Waals surface area contributed by atoms with Gasteiger partial charge in [-0.2, -0.15) is 0 Å². The Bertz CT molecular complexity index is 613. The minimum atomic E-state index is -3.21. The number of benzene rings is 1. The van der Waals surface area contributed by atoms with Gasteiger partial charge in [0, 0.05) is 32.7 Å². The number of hydrogen-bond acceptors (Lipinski definition) is 3. The lowest BCUT2D eigenvalue weighted by molar-refractivity contribution is 0.445. The Morgan fingerprint density at radius 3 is 2.40 bits per heavy atom. The molecule has 1 aromatic carbocycles. The minimum Gasteiger partial charge on any atom is -0.355 e. The van der Waals surface area contributed by atoms with Crippen molar-refractivity contribution in [3.8, 4) is 0 Å². The van der Waals surface area contributed by atoms with Crippen LogP contribution in [0.3, 0.4) is 0 Å². The summed E-state index contributed by atoms with van der Waals surface area (Å²) in [7, 11) is -1.52. The molecule has 0 amide bonds. The van der Waals surface area contributed by atoms with Gasteiger partial charge in [0.25, 0.3) is 0 Å². The van der Waals surface area contributed by atoms with Gasteiger partial charge in [-0.1, -0.05) is 44.2 Å². The molecule has 0 aliphatic heterocycles. The summed E-state index contributed by atoms with van der Waals surface area (Å²) in [5, 5.41) is 6.40. The van der Waals surface area contributed by atoms with Crippen LogP contribution in [-0.4, -0.2) is 57.2 Å². The van der Waals surface area contributed by atoms with Crippen LogP contribution in [0.15, 0.2) is 35.3 Å². The lowest BCUT2D eigenvalue weighted by atomic mass is 10.1. The monoisotopic (exact) mass is 368 g/mol. The normalized spacial score (nSPS) is 13.7. The van der Waals surface area contributed by atoms with Crippen LogP contribution in [0.4, 0.5) is 0 Å². The van der Waals surface area contributed by atoms with Gasteiger partial charge >= 0.3 is 0 Å². The Balaban J connectivity index is 2.39. The van der Waals surface area contributed by atoms with Crippen LogP contribution in [0, 0.1) is 0 Å². The lowest BCUT2D eigenvalue weighted by Gasteiger charge is -2.20. The molecule has 0 aliphatic carbocycles. The van der Waals surface area contributed by atoms with Crippen molar-refractivity contribution in [3.05, 3.63) is 35.9 Å². The molecule has 0 saturated carbocycles. The molecule has 1 atom stereocenters. The molecule has 0 bridgehead atoms. The Morgan fingerprint density at radius 1 is 1.20 bits per heavy atom. The highest BCUT2D eigenvalue weighted by Crippen LogP contribution is 2.04. The van der Waals surface area contributed by atoms with Gasteiger partial charge in [0.2, 0.25) is 10.0 Å². The highest BCUT2D eigenvalue weighted by molar-refractivity contribution is 7.89. The van der Waals surface area contributed by atoms with Crippen LogP contribution in [0.2, 0.25) is 0 Å². The highest BCUT2D eigenvalue weighted by Gasteiger charge is 2.18. The van der Waals surface area contributed by atoms with Crippen molar-refractivity contribution in [3.63, 3.8) is 0 Å².